The first-order valence-corrected chi connectivity index (χ1v) is 7.71. The lowest BCUT2D eigenvalue weighted by atomic mass is 10.2. The van der Waals surface area contributed by atoms with Gasteiger partial charge in [0.1, 0.15) is 0 Å². The third-order valence-corrected chi connectivity index (χ3v) is 3.97. The van der Waals surface area contributed by atoms with E-state index in [4.69, 9.17) is 19.2 Å². The molecule has 7 heteroatoms. The van der Waals surface area contributed by atoms with Crippen LogP contribution >= 0.6 is 11.3 Å². The number of nitrogens with zero attached hydrogens (tertiary/aromatic N) is 3. The zero-order chi connectivity index (χ0) is 16.2. The minimum atomic E-state index is -0.446. The van der Waals surface area contributed by atoms with Crippen molar-refractivity contribution in [1.82, 2.24) is 10.2 Å². The van der Waals surface area contributed by atoms with Crippen molar-refractivity contribution in [1.29, 1.82) is 5.26 Å². The standard InChI is InChI=1S/C16H13N3O3S/c1-10(15-18-19-16(22-15)14-4-3-7-23-14)21-12-6-5-11(9-17)8-13(12)20-2/h3-8,10H,1-2H3. The van der Waals surface area contributed by atoms with Gasteiger partial charge >= 0.3 is 0 Å². The average Bonchev–Trinajstić information content (AvgIpc) is 3.26. The molecule has 0 bridgehead atoms. The van der Waals surface area contributed by atoms with Crippen molar-refractivity contribution in [2.45, 2.75) is 13.0 Å². The molecular weight excluding hydrogens is 314 g/mol. The van der Waals surface area contributed by atoms with Crippen LogP contribution in [-0.2, 0) is 0 Å². The molecule has 0 aliphatic heterocycles. The number of hydrogen-bond donors (Lipinski definition) is 0. The molecule has 116 valence electrons. The second kappa shape index (κ2) is 6.50. The summed E-state index contributed by atoms with van der Waals surface area (Å²) in [6.07, 6.45) is -0.446. The summed E-state index contributed by atoms with van der Waals surface area (Å²) >= 11 is 1.53. The summed E-state index contributed by atoms with van der Waals surface area (Å²) in [6.45, 7) is 1.81. The van der Waals surface area contributed by atoms with E-state index in [9.17, 15) is 0 Å². The number of ether oxygens (including phenoxy) is 2. The average molecular weight is 327 g/mol. The molecule has 2 aromatic heterocycles. The Balaban J connectivity index is 1.80. The molecule has 0 spiro atoms. The summed E-state index contributed by atoms with van der Waals surface area (Å²) in [5.41, 5.74) is 0.500. The number of nitriles is 1. The van der Waals surface area contributed by atoms with E-state index < -0.39 is 6.10 Å². The van der Waals surface area contributed by atoms with Crippen molar-refractivity contribution in [2.75, 3.05) is 7.11 Å². The van der Waals surface area contributed by atoms with E-state index in [0.717, 1.165) is 4.88 Å². The monoisotopic (exact) mass is 327 g/mol. The molecule has 0 radical (unpaired) electrons. The molecule has 0 aliphatic carbocycles. The fourth-order valence-corrected chi connectivity index (χ4v) is 2.62. The smallest absolute Gasteiger partial charge is 0.257 e. The van der Waals surface area contributed by atoms with Gasteiger partial charge in [-0.2, -0.15) is 5.26 Å². The van der Waals surface area contributed by atoms with Gasteiger partial charge in [0.05, 0.1) is 23.6 Å². The minimum Gasteiger partial charge on any atom is -0.493 e. The molecule has 0 N–H and O–H groups in total. The third-order valence-electron chi connectivity index (χ3n) is 3.12. The molecular formula is C16H13N3O3S. The summed E-state index contributed by atoms with van der Waals surface area (Å²) in [5, 5.41) is 18.9. The molecule has 0 saturated heterocycles. The molecule has 0 saturated carbocycles. The van der Waals surface area contributed by atoms with E-state index >= 15 is 0 Å². The Morgan fingerprint density at radius 2 is 2.13 bits per heavy atom. The largest absolute Gasteiger partial charge is 0.493 e. The summed E-state index contributed by atoms with van der Waals surface area (Å²) in [5.74, 6) is 1.83. The van der Waals surface area contributed by atoms with Gasteiger partial charge in [0.15, 0.2) is 17.6 Å². The van der Waals surface area contributed by atoms with E-state index in [0.29, 0.717) is 28.8 Å². The van der Waals surface area contributed by atoms with Gasteiger partial charge < -0.3 is 13.9 Å². The minimum absolute atomic E-state index is 0.375. The Morgan fingerprint density at radius 1 is 1.26 bits per heavy atom. The maximum atomic E-state index is 8.92. The van der Waals surface area contributed by atoms with E-state index in [1.165, 1.54) is 18.4 Å². The highest BCUT2D eigenvalue weighted by Crippen LogP contribution is 2.32. The Labute approximate surface area is 136 Å². The molecule has 1 aromatic carbocycles. The number of thiophene rings is 1. The zero-order valence-electron chi connectivity index (χ0n) is 12.5. The van der Waals surface area contributed by atoms with Crippen LogP contribution in [0.3, 0.4) is 0 Å². The Hall–Kier alpha value is -2.85. The SMILES string of the molecule is COc1cc(C#N)ccc1OC(C)c1nnc(-c2cccs2)o1. The van der Waals surface area contributed by atoms with Crippen LogP contribution in [0.5, 0.6) is 11.5 Å². The molecule has 1 atom stereocenters. The quantitative estimate of drug-likeness (QED) is 0.708. The van der Waals surface area contributed by atoms with Crippen LogP contribution in [-0.4, -0.2) is 17.3 Å². The summed E-state index contributed by atoms with van der Waals surface area (Å²) in [4.78, 5) is 0.909. The summed E-state index contributed by atoms with van der Waals surface area (Å²) in [6, 6.07) is 10.9. The predicted molar refractivity (Wildman–Crippen MR) is 84.4 cm³/mol. The van der Waals surface area contributed by atoms with Gasteiger partial charge in [0.25, 0.3) is 11.8 Å². The lowest BCUT2D eigenvalue weighted by molar-refractivity contribution is 0.182. The second-order valence-corrected chi connectivity index (χ2v) is 5.61. The highest BCUT2D eigenvalue weighted by Gasteiger charge is 2.18. The van der Waals surface area contributed by atoms with Gasteiger partial charge in [0, 0.05) is 6.07 Å². The van der Waals surface area contributed by atoms with Crippen molar-refractivity contribution in [3.8, 4) is 28.3 Å². The van der Waals surface area contributed by atoms with Crippen LogP contribution in [0.15, 0.2) is 40.1 Å². The maximum Gasteiger partial charge on any atom is 0.257 e. The molecule has 0 amide bonds. The summed E-state index contributed by atoms with van der Waals surface area (Å²) in [7, 11) is 1.52. The first-order valence-electron chi connectivity index (χ1n) is 6.83. The van der Waals surface area contributed by atoms with E-state index in [1.807, 2.05) is 24.4 Å². The second-order valence-electron chi connectivity index (χ2n) is 4.66. The Kier molecular flexibility index (Phi) is 4.26. The van der Waals surface area contributed by atoms with Gasteiger partial charge in [-0.25, -0.2) is 0 Å². The topological polar surface area (TPSA) is 81.2 Å². The number of rotatable bonds is 5. The molecule has 1 unspecified atom stereocenters. The highest BCUT2D eigenvalue weighted by atomic mass is 32.1. The molecule has 0 aliphatic rings. The Bertz CT molecular complexity index is 837. The van der Waals surface area contributed by atoms with Gasteiger partial charge in [-0.1, -0.05) is 6.07 Å². The molecule has 23 heavy (non-hydrogen) atoms. The van der Waals surface area contributed by atoms with Crippen LogP contribution in [0.1, 0.15) is 24.5 Å². The Morgan fingerprint density at radius 3 is 2.83 bits per heavy atom. The first-order chi connectivity index (χ1) is 11.2. The molecule has 2 heterocycles. The van der Waals surface area contributed by atoms with Crippen LogP contribution in [0.25, 0.3) is 10.8 Å². The number of benzene rings is 1. The van der Waals surface area contributed by atoms with Crippen LogP contribution in [0.4, 0.5) is 0 Å². The van der Waals surface area contributed by atoms with Crippen molar-refractivity contribution < 1.29 is 13.9 Å². The first kappa shape index (κ1) is 15.1. The zero-order valence-corrected chi connectivity index (χ0v) is 13.3. The van der Waals surface area contributed by atoms with Crippen molar-refractivity contribution in [3.63, 3.8) is 0 Å². The maximum absolute atomic E-state index is 8.92. The molecule has 3 rings (SSSR count). The third kappa shape index (κ3) is 3.17. The van der Waals surface area contributed by atoms with Crippen molar-refractivity contribution in [2.24, 2.45) is 0 Å². The highest BCUT2D eigenvalue weighted by molar-refractivity contribution is 7.13. The van der Waals surface area contributed by atoms with Crippen LogP contribution in [0, 0.1) is 11.3 Å². The molecule has 6 nitrogen and oxygen atoms in total. The fourth-order valence-electron chi connectivity index (χ4n) is 1.97. The lowest BCUT2D eigenvalue weighted by Crippen LogP contribution is -2.04. The number of hydrogen-bond acceptors (Lipinski definition) is 7. The van der Waals surface area contributed by atoms with E-state index in [-0.39, 0.29) is 0 Å². The van der Waals surface area contributed by atoms with Crippen molar-refractivity contribution in [3.05, 3.63) is 47.2 Å². The van der Waals surface area contributed by atoms with E-state index in [2.05, 4.69) is 16.3 Å². The van der Waals surface area contributed by atoms with Gasteiger partial charge in [-0.3, -0.25) is 0 Å². The van der Waals surface area contributed by atoms with Gasteiger partial charge in [-0.15, -0.1) is 21.5 Å². The van der Waals surface area contributed by atoms with Gasteiger partial charge in [0.2, 0.25) is 0 Å². The lowest BCUT2D eigenvalue weighted by Gasteiger charge is -2.14. The van der Waals surface area contributed by atoms with Crippen molar-refractivity contribution >= 4 is 11.3 Å². The predicted octanol–water partition coefficient (Wildman–Crippen LogP) is 3.82. The molecule has 0 fully saturated rings. The van der Waals surface area contributed by atoms with Gasteiger partial charge in [-0.05, 0) is 30.5 Å². The molecule has 3 aromatic rings. The fraction of sp³-hybridized carbons (Fsp3) is 0.188. The van der Waals surface area contributed by atoms with Crippen LogP contribution < -0.4 is 9.47 Å². The normalized spacial score (nSPS) is 11.7. The van der Waals surface area contributed by atoms with E-state index in [1.54, 1.807) is 18.2 Å². The number of methoxy groups -OCH3 is 1. The summed E-state index contributed by atoms with van der Waals surface area (Å²) < 4.78 is 16.7. The number of aromatic nitrogens is 2. The van der Waals surface area contributed by atoms with Crippen LogP contribution in [0.2, 0.25) is 0 Å².